The first kappa shape index (κ1) is 22.4. The number of carbonyl (C=O) groups excluding carboxylic acids is 2. The van der Waals surface area contributed by atoms with Crippen molar-refractivity contribution in [1.82, 2.24) is 0 Å². The van der Waals surface area contributed by atoms with E-state index in [1.165, 1.54) is 0 Å². The molecule has 138 valence electrons. The summed E-state index contributed by atoms with van der Waals surface area (Å²) < 4.78 is 78.8. The molecule has 0 aromatic rings. The van der Waals surface area contributed by atoms with Crippen LogP contribution in [0, 0.1) is 11.8 Å². The second kappa shape index (κ2) is 7.50. The SMILES string of the molecule is C=C(C)C(=O)C(O)C(C(=O)C(=C)C)C(C)C(F)(F)C(F)(F)C(F)F. The summed E-state index contributed by atoms with van der Waals surface area (Å²) in [6.07, 6.45) is -7.15. The zero-order valence-corrected chi connectivity index (χ0v) is 13.3. The highest BCUT2D eigenvalue weighted by Gasteiger charge is 2.67. The lowest BCUT2D eigenvalue weighted by atomic mass is 9.76. The van der Waals surface area contributed by atoms with Crippen LogP contribution < -0.4 is 0 Å². The first-order valence-corrected chi connectivity index (χ1v) is 6.71. The van der Waals surface area contributed by atoms with Gasteiger partial charge in [-0.1, -0.05) is 20.1 Å². The third-order valence-corrected chi connectivity index (χ3v) is 3.58. The Balaban J connectivity index is 6.08. The molecule has 0 amide bonds. The zero-order chi connectivity index (χ0) is 19.6. The maximum absolute atomic E-state index is 13.9. The summed E-state index contributed by atoms with van der Waals surface area (Å²) in [5.41, 5.74) is -0.727. The minimum Gasteiger partial charge on any atom is -0.384 e. The lowest BCUT2D eigenvalue weighted by Crippen LogP contribution is -2.55. The van der Waals surface area contributed by atoms with Gasteiger partial charge in [-0.15, -0.1) is 0 Å². The van der Waals surface area contributed by atoms with Crippen molar-refractivity contribution in [2.75, 3.05) is 0 Å². The molecule has 1 N–H and O–H groups in total. The highest BCUT2D eigenvalue weighted by atomic mass is 19.3. The van der Waals surface area contributed by atoms with Crippen molar-refractivity contribution in [1.29, 1.82) is 0 Å². The van der Waals surface area contributed by atoms with Gasteiger partial charge in [-0.05, 0) is 25.0 Å². The van der Waals surface area contributed by atoms with Crippen LogP contribution in [0.25, 0.3) is 0 Å². The standard InChI is InChI=1S/C15H18F6O3/c1-6(2)10(22)9(12(24)11(23)7(3)4)8(5)14(18,19)15(20,21)13(16)17/h8-9,12-13,24H,1,3H2,2,4-5H3. The molecule has 0 aliphatic carbocycles. The summed E-state index contributed by atoms with van der Waals surface area (Å²) in [5.74, 6) is -18.8. The van der Waals surface area contributed by atoms with Crippen molar-refractivity contribution in [2.24, 2.45) is 11.8 Å². The minimum atomic E-state index is -5.76. The molecule has 0 bridgehead atoms. The Labute approximate surface area is 135 Å². The van der Waals surface area contributed by atoms with Gasteiger partial charge in [0, 0.05) is 5.92 Å². The zero-order valence-electron chi connectivity index (χ0n) is 13.3. The van der Waals surface area contributed by atoms with Crippen LogP contribution in [0.4, 0.5) is 26.3 Å². The van der Waals surface area contributed by atoms with E-state index in [0.717, 1.165) is 13.8 Å². The summed E-state index contributed by atoms with van der Waals surface area (Å²) in [5, 5.41) is 9.87. The van der Waals surface area contributed by atoms with E-state index in [1.54, 1.807) is 0 Å². The van der Waals surface area contributed by atoms with E-state index in [0.29, 0.717) is 6.92 Å². The molecule has 0 aliphatic rings. The average Bonchev–Trinajstić information content (AvgIpc) is 2.45. The fraction of sp³-hybridized carbons (Fsp3) is 0.600. The molecular weight excluding hydrogens is 342 g/mol. The summed E-state index contributed by atoms with van der Waals surface area (Å²) in [7, 11) is 0. The number of allylic oxidation sites excluding steroid dienone is 1. The number of Topliss-reactive ketones (excluding diaryl/α,β-unsaturated/α-hetero) is 2. The Morgan fingerprint density at radius 2 is 1.29 bits per heavy atom. The van der Waals surface area contributed by atoms with Crippen molar-refractivity contribution in [3.63, 3.8) is 0 Å². The van der Waals surface area contributed by atoms with Crippen LogP contribution in [0.3, 0.4) is 0 Å². The lowest BCUT2D eigenvalue weighted by molar-refractivity contribution is -0.288. The molecule has 0 aliphatic heterocycles. The number of alkyl halides is 6. The molecular formula is C15H18F6O3. The van der Waals surface area contributed by atoms with Crippen LogP contribution in [0.15, 0.2) is 24.3 Å². The van der Waals surface area contributed by atoms with Crippen LogP contribution in [-0.4, -0.2) is 41.0 Å². The van der Waals surface area contributed by atoms with Gasteiger partial charge in [0.2, 0.25) is 0 Å². The van der Waals surface area contributed by atoms with Gasteiger partial charge in [-0.25, -0.2) is 8.78 Å². The normalized spacial score (nSPS) is 16.5. The third kappa shape index (κ3) is 4.06. The molecule has 0 saturated carbocycles. The maximum Gasteiger partial charge on any atom is 0.369 e. The Hall–Kier alpha value is -1.64. The Morgan fingerprint density at radius 1 is 0.917 bits per heavy atom. The first-order chi connectivity index (χ1) is 10.6. The number of ketones is 2. The van der Waals surface area contributed by atoms with Gasteiger partial charge in [0.15, 0.2) is 11.6 Å². The van der Waals surface area contributed by atoms with E-state index < -0.39 is 53.3 Å². The van der Waals surface area contributed by atoms with Crippen LogP contribution in [-0.2, 0) is 9.59 Å². The minimum absolute atomic E-state index is 0.321. The van der Waals surface area contributed by atoms with E-state index in [2.05, 4.69) is 13.2 Å². The predicted molar refractivity (Wildman–Crippen MR) is 74.2 cm³/mol. The maximum atomic E-state index is 13.9. The molecule has 0 heterocycles. The topological polar surface area (TPSA) is 54.4 Å². The summed E-state index contributed by atoms with van der Waals surface area (Å²) in [6.45, 7) is 8.84. The van der Waals surface area contributed by atoms with Crippen LogP contribution in [0.5, 0.6) is 0 Å². The fourth-order valence-corrected chi connectivity index (χ4v) is 2.02. The van der Waals surface area contributed by atoms with Crippen molar-refractivity contribution in [3.8, 4) is 0 Å². The average molecular weight is 360 g/mol. The largest absolute Gasteiger partial charge is 0.384 e. The molecule has 0 aromatic carbocycles. The highest BCUT2D eigenvalue weighted by molar-refractivity contribution is 6.04. The molecule has 0 spiro atoms. The van der Waals surface area contributed by atoms with Crippen LogP contribution >= 0.6 is 0 Å². The Morgan fingerprint density at radius 3 is 1.58 bits per heavy atom. The van der Waals surface area contributed by atoms with Gasteiger partial charge in [-0.2, -0.15) is 17.6 Å². The fourth-order valence-electron chi connectivity index (χ4n) is 2.02. The van der Waals surface area contributed by atoms with E-state index >= 15 is 0 Å². The molecule has 0 saturated heterocycles. The molecule has 3 unspecified atom stereocenters. The van der Waals surface area contributed by atoms with Crippen LogP contribution in [0.1, 0.15) is 20.8 Å². The summed E-state index contributed by atoms with van der Waals surface area (Å²) in [4.78, 5) is 23.7. The number of aliphatic hydroxyl groups excluding tert-OH is 1. The Bertz CT molecular complexity index is 541. The van der Waals surface area contributed by atoms with Gasteiger partial charge in [-0.3, -0.25) is 9.59 Å². The van der Waals surface area contributed by atoms with Crippen molar-refractivity contribution < 1.29 is 41.0 Å². The predicted octanol–water partition coefficient (Wildman–Crippen LogP) is 3.43. The molecule has 24 heavy (non-hydrogen) atoms. The van der Waals surface area contributed by atoms with Gasteiger partial charge < -0.3 is 5.11 Å². The van der Waals surface area contributed by atoms with Gasteiger partial charge >= 0.3 is 18.3 Å². The molecule has 9 heteroatoms. The molecule has 3 atom stereocenters. The van der Waals surface area contributed by atoms with E-state index in [9.17, 15) is 41.0 Å². The molecule has 0 radical (unpaired) electrons. The Kier molecular flexibility index (Phi) is 6.99. The second-order valence-electron chi connectivity index (χ2n) is 5.60. The van der Waals surface area contributed by atoms with Gasteiger partial charge in [0.25, 0.3) is 0 Å². The van der Waals surface area contributed by atoms with Gasteiger partial charge in [0.05, 0.1) is 5.92 Å². The molecule has 0 fully saturated rings. The van der Waals surface area contributed by atoms with E-state index in [4.69, 9.17) is 0 Å². The van der Waals surface area contributed by atoms with E-state index in [-0.39, 0.29) is 5.57 Å². The number of hydrogen-bond donors (Lipinski definition) is 1. The van der Waals surface area contributed by atoms with Gasteiger partial charge in [0.1, 0.15) is 6.10 Å². The summed E-state index contributed by atoms with van der Waals surface area (Å²) >= 11 is 0. The number of rotatable bonds is 9. The van der Waals surface area contributed by atoms with Crippen molar-refractivity contribution in [2.45, 2.75) is 45.1 Å². The second-order valence-corrected chi connectivity index (χ2v) is 5.60. The van der Waals surface area contributed by atoms with Crippen LogP contribution in [0.2, 0.25) is 0 Å². The smallest absolute Gasteiger partial charge is 0.369 e. The summed E-state index contributed by atoms with van der Waals surface area (Å²) in [6, 6.07) is 0. The number of carbonyl (C=O) groups is 2. The number of aliphatic hydroxyl groups is 1. The van der Waals surface area contributed by atoms with Crippen molar-refractivity contribution >= 4 is 11.6 Å². The lowest BCUT2D eigenvalue weighted by Gasteiger charge is -2.36. The highest BCUT2D eigenvalue weighted by Crippen LogP contribution is 2.47. The number of hydrogen-bond acceptors (Lipinski definition) is 3. The quantitative estimate of drug-likeness (QED) is 0.506. The number of halogens is 6. The third-order valence-electron chi connectivity index (χ3n) is 3.58. The van der Waals surface area contributed by atoms with E-state index in [1.807, 2.05) is 0 Å². The monoisotopic (exact) mass is 360 g/mol. The molecule has 0 aromatic heterocycles. The van der Waals surface area contributed by atoms with Crippen molar-refractivity contribution in [3.05, 3.63) is 24.3 Å². The first-order valence-electron chi connectivity index (χ1n) is 6.71. The molecule has 3 nitrogen and oxygen atoms in total. The molecule has 0 rings (SSSR count).